The van der Waals surface area contributed by atoms with Crippen LogP contribution >= 0.6 is 0 Å². The van der Waals surface area contributed by atoms with E-state index in [1.165, 1.54) is 0 Å². The first-order valence-electron chi connectivity index (χ1n) is 7.82. The molecular weight excluding hydrogens is 282 g/mol. The minimum Gasteiger partial charge on any atom is -0.347 e. The van der Waals surface area contributed by atoms with E-state index in [4.69, 9.17) is 9.47 Å². The fraction of sp³-hybridized carbons (Fsp3) is 0.529. The van der Waals surface area contributed by atoms with Gasteiger partial charge in [0, 0.05) is 44.3 Å². The summed E-state index contributed by atoms with van der Waals surface area (Å²) >= 11 is 0. The van der Waals surface area contributed by atoms with E-state index in [-0.39, 0.29) is 24.5 Å². The third-order valence-corrected chi connectivity index (χ3v) is 4.35. The van der Waals surface area contributed by atoms with Gasteiger partial charge in [0.1, 0.15) is 0 Å². The lowest BCUT2D eigenvalue weighted by Crippen LogP contribution is -2.47. The number of carbonyl (C=O) groups excluding carboxylic acids is 2. The molecule has 0 aliphatic carbocycles. The van der Waals surface area contributed by atoms with Crippen LogP contribution in [0.25, 0.3) is 0 Å². The Morgan fingerprint density at radius 1 is 1.00 bits per heavy atom. The molecule has 3 rings (SSSR count). The summed E-state index contributed by atoms with van der Waals surface area (Å²) < 4.78 is 11.3. The molecule has 2 saturated heterocycles. The lowest BCUT2D eigenvalue weighted by atomic mass is 10.0. The van der Waals surface area contributed by atoms with E-state index in [2.05, 4.69) is 0 Å². The van der Waals surface area contributed by atoms with Crippen molar-refractivity contribution in [3.8, 4) is 0 Å². The van der Waals surface area contributed by atoms with E-state index >= 15 is 0 Å². The van der Waals surface area contributed by atoms with Gasteiger partial charge in [-0.25, -0.2) is 0 Å². The quantitative estimate of drug-likeness (QED) is 0.799. The van der Waals surface area contributed by atoms with E-state index in [1.54, 1.807) is 12.1 Å². The standard InChI is InChI=1S/C17H21NO4/c19-15(14-4-2-1-3-5-14)6-7-16(20)18-10-8-17(9-11-18)21-12-13-22-17/h1-5H,6-13H2. The largest absolute Gasteiger partial charge is 0.347 e. The van der Waals surface area contributed by atoms with Gasteiger partial charge in [0.2, 0.25) is 5.91 Å². The van der Waals surface area contributed by atoms with E-state index < -0.39 is 5.79 Å². The molecule has 1 spiro atoms. The number of piperidine rings is 1. The Hall–Kier alpha value is -1.72. The van der Waals surface area contributed by atoms with Crippen LogP contribution in [-0.2, 0) is 14.3 Å². The predicted molar refractivity (Wildman–Crippen MR) is 80.5 cm³/mol. The van der Waals surface area contributed by atoms with Crippen molar-refractivity contribution in [2.24, 2.45) is 0 Å². The maximum atomic E-state index is 12.2. The lowest BCUT2D eigenvalue weighted by molar-refractivity contribution is -0.187. The summed E-state index contributed by atoms with van der Waals surface area (Å²) in [6.45, 7) is 2.55. The molecule has 2 fully saturated rings. The molecule has 2 heterocycles. The SMILES string of the molecule is O=C(CCC(=O)N1CCC2(CC1)OCCO2)c1ccccc1. The molecule has 2 aliphatic heterocycles. The number of carbonyl (C=O) groups is 2. The van der Waals surface area contributed by atoms with E-state index in [0.29, 0.717) is 44.7 Å². The van der Waals surface area contributed by atoms with Gasteiger partial charge in [0.15, 0.2) is 11.6 Å². The molecule has 22 heavy (non-hydrogen) atoms. The molecule has 0 aromatic heterocycles. The molecule has 0 unspecified atom stereocenters. The molecule has 2 aliphatic rings. The van der Waals surface area contributed by atoms with Gasteiger partial charge in [0.05, 0.1) is 13.2 Å². The van der Waals surface area contributed by atoms with Crippen LogP contribution in [0.4, 0.5) is 0 Å². The van der Waals surface area contributed by atoms with Gasteiger partial charge in [-0.15, -0.1) is 0 Å². The van der Waals surface area contributed by atoms with Crippen LogP contribution in [0.2, 0.25) is 0 Å². The zero-order valence-corrected chi connectivity index (χ0v) is 12.6. The van der Waals surface area contributed by atoms with Gasteiger partial charge in [-0.2, -0.15) is 0 Å². The summed E-state index contributed by atoms with van der Waals surface area (Å²) in [5.74, 6) is -0.404. The first kappa shape index (κ1) is 15.2. The second-order valence-electron chi connectivity index (χ2n) is 5.78. The number of hydrogen-bond donors (Lipinski definition) is 0. The number of amides is 1. The predicted octanol–water partition coefficient (Wildman–Crippen LogP) is 2.02. The summed E-state index contributed by atoms with van der Waals surface area (Å²) in [4.78, 5) is 26.1. The number of ketones is 1. The maximum absolute atomic E-state index is 12.2. The summed E-state index contributed by atoms with van der Waals surface area (Å²) in [6, 6.07) is 9.11. The first-order valence-corrected chi connectivity index (χ1v) is 7.82. The summed E-state index contributed by atoms with van der Waals surface area (Å²) in [7, 11) is 0. The topological polar surface area (TPSA) is 55.8 Å². The molecule has 0 radical (unpaired) electrons. The monoisotopic (exact) mass is 303 g/mol. The normalized spacial score (nSPS) is 20.3. The van der Waals surface area contributed by atoms with Crippen LogP contribution in [-0.4, -0.2) is 48.7 Å². The summed E-state index contributed by atoms with van der Waals surface area (Å²) in [5, 5.41) is 0. The Balaban J connectivity index is 1.46. The van der Waals surface area contributed by atoms with Crippen molar-refractivity contribution in [2.45, 2.75) is 31.5 Å². The Morgan fingerprint density at radius 3 is 2.27 bits per heavy atom. The van der Waals surface area contributed by atoms with Gasteiger partial charge in [0.25, 0.3) is 0 Å². The second kappa shape index (κ2) is 6.58. The van der Waals surface area contributed by atoms with Gasteiger partial charge in [-0.3, -0.25) is 9.59 Å². The molecule has 5 nitrogen and oxygen atoms in total. The minimum atomic E-state index is -0.462. The third kappa shape index (κ3) is 3.36. The van der Waals surface area contributed by atoms with Crippen molar-refractivity contribution in [2.75, 3.05) is 26.3 Å². The summed E-state index contributed by atoms with van der Waals surface area (Å²) in [5.41, 5.74) is 0.667. The molecule has 1 amide bonds. The van der Waals surface area contributed by atoms with Crippen LogP contribution in [0.1, 0.15) is 36.0 Å². The molecule has 5 heteroatoms. The van der Waals surface area contributed by atoms with E-state index in [0.717, 1.165) is 0 Å². The highest BCUT2D eigenvalue weighted by Gasteiger charge is 2.40. The summed E-state index contributed by atoms with van der Waals surface area (Å²) in [6.07, 6.45) is 1.96. The van der Waals surface area contributed by atoms with Crippen molar-refractivity contribution in [1.82, 2.24) is 4.90 Å². The average molecular weight is 303 g/mol. The van der Waals surface area contributed by atoms with Crippen LogP contribution in [0.5, 0.6) is 0 Å². The van der Waals surface area contributed by atoms with Crippen molar-refractivity contribution in [3.05, 3.63) is 35.9 Å². The van der Waals surface area contributed by atoms with Crippen molar-refractivity contribution < 1.29 is 19.1 Å². The average Bonchev–Trinajstić information content (AvgIpc) is 3.02. The molecule has 0 bridgehead atoms. The highest BCUT2D eigenvalue weighted by molar-refractivity contribution is 5.97. The molecule has 0 atom stereocenters. The van der Waals surface area contributed by atoms with Crippen LogP contribution < -0.4 is 0 Å². The van der Waals surface area contributed by atoms with Gasteiger partial charge in [-0.05, 0) is 0 Å². The number of Topliss-reactive ketones (excluding diaryl/α,β-unsaturated/α-hetero) is 1. The fourth-order valence-electron chi connectivity index (χ4n) is 3.03. The van der Waals surface area contributed by atoms with Gasteiger partial charge in [-0.1, -0.05) is 30.3 Å². The molecule has 1 aromatic rings. The molecule has 0 saturated carbocycles. The smallest absolute Gasteiger partial charge is 0.223 e. The molecule has 1 aromatic carbocycles. The van der Waals surface area contributed by atoms with Crippen LogP contribution in [0, 0.1) is 0 Å². The molecule has 0 N–H and O–H groups in total. The Morgan fingerprint density at radius 2 is 1.64 bits per heavy atom. The van der Waals surface area contributed by atoms with Crippen molar-refractivity contribution >= 4 is 11.7 Å². The molecule has 118 valence electrons. The van der Waals surface area contributed by atoms with Crippen LogP contribution in [0.15, 0.2) is 30.3 Å². The maximum Gasteiger partial charge on any atom is 0.223 e. The Bertz CT molecular complexity index is 527. The van der Waals surface area contributed by atoms with Gasteiger partial charge >= 0.3 is 0 Å². The Labute approximate surface area is 130 Å². The zero-order chi connectivity index (χ0) is 15.4. The number of rotatable bonds is 4. The third-order valence-electron chi connectivity index (χ3n) is 4.35. The number of likely N-dealkylation sites (tertiary alicyclic amines) is 1. The van der Waals surface area contributed by atoms with E-state index in [1.807, 2.05) is 23.1 Å². The number of benzene rings is 1. The van der Waals surface area contributed by atoms with E-state index in [9.17, 15) is 9.59 Å². The number of hydrogen-bond acceptors (Lipinski definition) is 4. The number of ether oxygens (including phenoxy) is 2. The van der Waals surface area contributed by atoms with Crippen molar-refractivity contribution in [1.29, 1.82) is 0 Å². The van der Waals surface area contributed by atoms with Gasteiger partial charge < -0.3 is 14.4 Å². The highest BCUT2D eigenvalue weighted by atomic mass is 16.7. The lowest BCUT2D eigenvalue weighted by Gasteiger charge is -2.37. The van der Waals surface area contributed by atoms with Crippen LogP contribution in [0.3, 0.4) is 0 Å². The second-order valence-corrected chi connectivity index (χ2v) is 5.78. The first-order chi connectivity index (χ1) is 10.7. The zero-order valence-electron chi connectivity index (χ0n) is 12.6. The fourth-order valence-corrected chi connectivity index (χ4v) is 3.03. The molecular formula is C17H21NO4. The Kier molecular flexibility index (Phi) is 4.55. The highest BCUT2D eigenvalue weighted by Crippen LogP contribution is 2.31. The minimum absolute atomic E-state index is 0.0184. The number of nitrogens with zero attached hydrogens (tertiary/aromatic N) is 1. The van der Waals surface area contributed by atoms with Crippen molar-refractivity contribution in [3.63, 3.8) is 0 Å².